The second-order valence-electron chi connectivity index (χ2n) is 5.48. The lowest BCUT2D eigenvalue weighted by Gasteiger charge is -2.18. The molecule has 0 aromatic heterocycles. The molecule has 1 amide bonds. The Balaban J connectivity index is 1.93. The van der Waals surface area contributed by atoms with Gasteiger partial charge in [0.25, 0.3) is 5.91 Å². The fourth-order valence-corrected chi connectivity index (χ4v) is 2.37. The highest BCUT2D eigenvalue weighted by atomic mass is 16.5. The van der Waals surface area contributed by atoms with Crippen molar-refractivity contribution >= 4 is 5.91 Å². The fourth-order valence-electron chi connectivity index (χ4n) is 2.37. The summed E-state index contributed by atoms with van der Waals surface area (Å²) >= 11 is 0. The van der Waals surface area contributed by atoms with Crippen LogP contribution in [0.25, 0.3) is 0 Å². The molecular formula is C16H23NO4. The van der Waals surface area contributed by atoms with Gasteiger partial charge in [-0.05, 0) is 32.4 Å². The van der Waals surface area contributed by atoms with Crippen molar-refractivity contribution in [1.82, 2.24) is 5.32 Å². The molecule has 3 atom stereocenters. The third-order valence-electron chi connectivity index (χ3n) is 3.53. The lowest BCUT2D eigenvalue weighted by Crippen LogP contribution is -2.41. The van der Waals surface area contributed by atoms with Crippen LogP contribution in [0.2, 0.25) is 0 Å². The van der Waals surface area contributed by atoms with Gasteiger partial charge < -0.3 is 19.9 Å². The molecular weight excluding hydrogens is 270 g/mol. The van der Waals surface area contributed by atoms with Gasteiger partial charge in [0.1, 0.15) is 24.2 Å². The zero-order valence-corrected chi connectivity index (χ0v) is 12.8. The number of aliphatic hydroxyl groups is 1. The van der Waals surface area contributed by atoms with E-state index in [9.17, 15) is 9.90 Å². The molecule has 0 aliphatic carbocycles. The molecule has 1 aromatic carbocycles. The van der Waals surface area contributed by atoms with E-state index in [1.165, 1.54) is 0 Å². The van der Waals surface area contributed by atoms with Crippen LogP contribution < -0.4 is 14.8 Å². The van der Waals surface area contributed by atoms with Crippen LogP contribution in [0.1, 0.15) is 45.3 Å². The van der Waals surface area contributed by atoms with Gasteiger partial charge in [-0.1, -0.05) is 13.3 Å². The summed E-state index contributed by atoms with van der Waals surface area (Å²) in [5.41, 5.74) is 0.760. The monoisotopic (exact) mass is 293 g/mol. The maximum Gasteiger partial charge on any atom is 0.260 e. The summed E-state index contributed by atoms with van der Waals surface area (Å²) in [6.07, 6.45) is 0.822. The van der Waals surface area contributed by atoms with Crippen molar-refractivity contribution in [3.63, 3.8) is 0 Å². The van der Waals surface area contributed by atoms with Gasteiger partial charge in [-0.3, -0.25) is 4.79 Å². The Labute approximate surface area is 125 Å². The first-order valence-corrected chi connectivity index (χ1v) is 7.43. The Morgan fingerprint density at radius 3 is 3.00 bits per heavy atom. The van der Waals surface area contributed by atoms with Gasteiger partial charge >= 0.3 is 0 Å². The first-order valence-electron chi connectivity index (χ1n) is 7.43. The summed E-state index contributed by atoms with van der Waals surface area (Å²) in [5, 5.41) is 12.6. The summed E-state index contributed by atoms with van der Waals surface area (Å²) < 4.78 is 11.0. The number of amides is 1. The minimum Gasteiger partial charge on any atom is -0.490 e. The van der Waals surface area contributed by atoms with Crippen LogP contribution in [0.3, 0.4) is 0 Å². The second-order valence-corrected chi connectivity index (χ2v) is 5.48. The normalized spacial score (nSPS) is 19.3. The molecule has 0 saturated heterocycles. The minimum absolute atomic E-state index is 0.127. The van der Waals surface area contributed by atoms with Crippen LogP contribution >= 0.6 is 0 Å². The van der Waals surface area contributed by atoms with Gasteiger partial charge in [-0.15, -0.1) is 0 Å². The van der Waals surface area contributed by atoms with Crippen molar-refractivity contribution in [2.75, 3.05) is 6.61 Å². The first kappa shape index (κ1) is 15.6. The van der Waals surface area contributed by atoms with Crippen molar-refractivity contribution in [2.45, 2.75) is 51.9 Å². The number of benzene rings is 1. The van der Waals surface area contributed by atoms with Gasteiger partial charge in [0, 0.05) is 17.7 Å². The van der Waals surface area contributed by atoms with E-state index < -0.39 is 12.2 Å². The Morgan fingerprint density at radius 1 is 1.52 bits per heavy atom. The largest absolute Gasteiger partial charge is 0.490 e. The smallest absolute Gasteiger partial charge is 0.260 e. The third kappa shape index (κ3) is 3.88. The lowest BCUT2D eigenvalue weighted by atomic mass is 10.1. The van der Waals surface area contributed by atoms with E-state index in [-0.39, 0.29) is 18.6 Å². The van der Waals surface area contributed by atoms with Crippen LogP contribution in [0.5, 0.6) is 11.5 Å². The molecule has 0 bridgehead atoms. The number of hydrogen-bond acceptors (Lipinski definition) is 4. The fraction of sp³-hybridized carbons (Fsp3) is 0.562. The Bertz CT molecular complexity index is 503. The van der Waals surface area contributed by atoms with Crippen LogP contribution in [0, 0.1) is 0 Å². The maximum atomic E-state index is 12.0. The van der Waals surface area contributed by atoms with Crippen molar-refractivity contribution in [1.29, 1.82) is 0 Å². The Hall–Kier alpha value is -1.75. The molecule has 1 aromatic rings. The summed E-state index contributed by atoms with van der Waals surface area (Å²) in [4.78, 5) is 12.0. The van der Waals surface area contributed by atoms with E-state index in [4.69, 9.17) is 9.47 Å². The average molecular weight is 293 g/mol. The quantitative estimate of drug-likeness (QED) is 0.843. The number of hydrogen-bond donors (Lipinski definition) is 2. The number of aliphatic hydroxyl groups excluding tert-OH is 1. The number of ether oxygens (including phenoxy) is 2. The summed E-state index contributed by atoms with van der Waals surface area (Å²) in [6, 6.07) is 5.38. The maximum absolute atomic E-state index is 12.0. The van der Waals surface area contributed by atoms with Crippen LogP contribution in [-0.2, 0) is 4.79 Å². The molecule has 0 saturated carbocycles. The van der Waals surface area contributed by atoms with Crippen molar-refractivity contribution in [3.8, 4) is 11.5 Å². The standard InChI is InChI=1S/C16H23NO4/c1-4-5-10(2)17-16(19)11(3)21-12-6-7-13-14(18)9-20-15(13)8-12/h6-8,10-11,14,18H,4-5,9H2,1-3H3,(H,17,19). The van der Waals surface area contributed by atoms with E-state index in [0.717, 1.165) is 18.4 Å². The highest BCUT2D eigenvalue weighted by Crippen LogP contribution is 2.35. The van der Waals surface area contributed by atoms with Gasteiger partial charge in [0.15, 0.2) is 6.10 Å². The molecule has 1 aliphatic rings. The van der Waals surface area contributed by atoms with Crippen LogP contribution in [0.15, 0.2) is 18.2 Å². The highest BCUT2D eigenvalue weighted by molar-refractivity contribution is 5.81. The lowest BCUT2D eigenvalue weighted by molar-refractivity contribution is -0.127. The molecule has 116 valence electrons. The van der Waals surface area contributed by atoms with Gasteiger partial charge in [0.05, 0.1) is 0 Å². The summed E-state index contributed by atoms with van der Waals surface area (Å²) in [5.74, 6) is 1.05. The van der Waals surface area contributed by atoms with Crippen LogP contribution in [-0.4, -0.2) is 29.8 Å². The van der Waals surface area contributed by atoms with E-state index in [2.05, 4.69) is 12.2 Å². The van der Waals surface area contributed by atoms with Crippen molar-refractivity contribution in [2.24, 2.45) is 0 Å². The molecule has 5 nitrogen and oxygen atoms in total. The zero-order chi connectivity index (χ0) is 15.4. The highest BCUT2D eigenvalue weighted by Gasteiger charge is 2.23. The van der Waals surface area contributed by atoms with E-state index in [1.807, 2.05) is 6.92 Å². The van der Waals surface area contributed by atoms with Gasteiger partial charge in [-0.2, -0.15) is 0 Å². The van der Waals surface area contributed by atoms with E-state index in [0.29, 0.717) is 11.5 Å². The van der Waals surface area contributed by atoms with Gasteiger partial charge in [-0.25, -0.2) is 0 Å². The Morgan fingerprint density at radius 2 is 2.29 bits per heavy atom. The molecule has 5 heteroatoms. The number of fused-ring (bicyclic) bond motifs is 1. The summed E-state index contributed by atoms with van der Waals surface area (Å²) in [6.45, 7) is 6.06. The molecule has 21 heavy (non-hydrogen) atoms. The molecule has 0 spiro atoms. The molecule has 1 aliphatic heterocycles. The second kappa shape index (κ2) is 6.80. The van der Waals surface area contributed by atoms with Gasteiger partial charge in [0.2, 0.25) is 0 Å². The number of carbonyl (C=O) groups excluding carboxylic acids is 1. The molecule has 1 heterocycles. The third-order valence-corrected chi connectivity index (χ3v) is 3.53. The number of nitrogens with one attached hydrogen (secondary N) is 1. The predicted molar refractivity (Wildman–Crippen MR) is 79.5 cm³/mol. The molecule has 0 fully saturated rings. The molecule has 3 unspecified atom stereocenters. The predicted octanol–water partition coefficient (Wildman–Crippen LogP) is 2.18. The number of rotatable bonds is 6. The van der Waals surface area contributed by atoms with Crippen molar-refractivity contribution < 1.29 is 19.4 Å². The average Bonchev–Trinajstić information content (AvgIpc) is 2.80. The molecule has 0 radical (unpaired) electrons. The molecule has 2 rings (SSSR count). The number of carbonyl (C=O) groups is 1. The SMILES string of the molecule is CCCC(C)NC(=O)C(C)Oc1ccc2c(c1)OCC2O. The van der Waals surface area contributed by atoms with Crippen LogP contribution in [0.4, 0.5) is 0 Å². The minimum atomic E-state index is -0.579. The van der Waals surface area contributed by atoms with E-state index >= 15 is 0 Å². The topological polar surface area (TPSA) is 67.8 Å². The first-order chi connectivity index (χ1) is 10.0. The van der Waals surface area contributed by atoms with E-state index in [1.54, 1.807) is 25.1 Å². The zero-order valence-electron chi connectivity index (χ0n) is 12.8. The summed E-state index contributed by atoms with van der Waals surface area (Å²) in [7, 11) is 0. The molecule has 2 N–H and O–H groups in total. The Kier molecular flexibility index (Phi) is 5.07. The van der Waals surface area contributed by atoms with Crippen molar-refractivity contribution in [3.05, 3.63) is 23.8 Å².